The fourth-order valence-electron chi connectivity index (χ4n) is 4.96. The lowest BCUT2D eigenvalue weighted by atomic mass is 9.99. The summed E-state index contributed by atoms with van der Waals surface area (Å²) in [7, 11) is 1.43. The van der Waals surface area contributed by atoms with Crippen LogP contribution in [0, 0.1) is 6.92 Å². The number of fused-ring (bicyclic) bond motifs is 1. The Bertz CT molecular complexity index is 981. The van der Waals surface area contributed by atoms with Gasteiger partial charge in [0.2, 0.25) is 0 Å². The highest BCUT2D eigenvalue weighted by atomic mass is 19.4. The van der Waals surface area contributed by atoms with E-state index < -0.39 is 11.7 Å². The smallest absolute Gasteiger partial charge is 0.416 e. The van der Waals surface area contributed by atoms with Gasteiger partial charge in [0, 0.05) is 37.4 Å². The van der Waals surface area contributed by atoms with Crippen LogP contribution in [0.25, 0.3) is 11.3 Å². The molecule has 6 nitrogen and oxygen atoms in total. The Balaban J connectivity index is 1.64. The van der Waals surface area contributed by atoms with Crippen molar-refractivity contribution < 1.29 is 22.6 Å². The number of hydrogen-bond donors (Lipinski definition) is 0. The maximum absolute atomic E-state index is 13.4. The summed E-state index contributed by atoms with van der Waals surface area (Å²) in [6.45, 7) is 7.86. The molecule has 0 unspecified atom stereocenters. The number of methoxy groups -OCH3 is 1. The Kier molecular flexibility index (Phi) is 7.09. The number of rotatable bonds is 7. The van der Waals surface area contributed by atoms with Crippen LogP contribution in [-0.4, -0.2) is 61.2 Å². The first-order valence-corrected chi connectivity index (χ1v) is 11.5. The van der Waals surface area contributed by atoms with Crippen LogP contribution in [-0.2, 0) is 17.3 Å². The van der Waals surface area contributed by atoms with E-state index in [0.29, 0.717) is 22.9 Å². The zero-order chi connectivity index (χ0) is 23.6. The highest BCUT2D eigenvalue weighted by molar-refractivity contribution is 5.73. The quantitative estimate of drug-likeness (QED) is 0.554. The molecule has 0 amide bonds. The first kappa shape index (κ1) is 23.8. The highest BCUT2D eigenvalue weighted by Crippen LogP contribution is 2.40. The van der Waals surface area contributed by atoms with Gasteiger partial charge in [-0.2, -0.15) is 13.2 Å². The summed E-state index contributed by atoms with van der Waals surface area (Å²) < 4.78 is 50.5. The number of alkyl halides is 3. The summed E-state index contributed by atoms with van der Waals surface area (Å²) in [6.07, 6.45) is -0.171. The number of nitrogens with zero attached hydrogens (tertiary/aromatic N) is 4. The Morgan fingerprint density at radius 1 is 1.15 bits per heavy atom. The molecular weight excluding hydrogens is 433 g/mol. The van der Waals surface area contributed by atoms with Crippen molar-refractivity contribution in [2.45, 2.75) is 51.7 Å². The van der Waals surface area contributed by atoms with E-state index in [-0.39, 0.29) is 12.5 Å². The van der Waals surface area contributed by atoms with Gasteiger partial charge in [-0.15, -0.1) is 10.2 Å². The number of anilines is 1. The van der Waals surface area contributed by atoms with Gasteiger partial charge in [-0.25, -0.2) is 0 Å². The number of hydrogen-bond acceptors (Lipinski definition) is 6. The molecule has 1 saturated heterocycles. The topological polar surface area (TPSA) is 50.7 Å². The van der Waals surface area contributed by atoms with Crippen LogP contribution in [0.2, 0.25) is 0 Å². The van der Waals surface area contributed by atoms with Gasteiger partial charge in [-0.3, -0.25) is 0 Å². The molecule has 0 N–H and O–H groups in total. The molecule has 1 aromatic heterocycles. The van der Waals surface area contributed by atoms with E-state index in [1.165, 1.54) is 13.5 Å². The fraction of sp³-hybridized carbons (Fsp3) is 0.583. The molecule has 3 heterocycles. The lowest BCUT2D eigenvalue weighted by molar-refractivity contribution is -0.137. The standard InChI is InChI=1S/C24H31F3N4O2/c1-4-8-30-9-5-6-19(14-30)31-10-7-17-12-20(28-29-23(17)31)22-16(2)11-18(24(25,26)27)13-21(22)33-15-32-3/h11-13,19H,4-10,14-15H2,1-3H3/t19-/m1/s1. The van der Waals surface area contributed by atoms with Crippen molar-refractivity contribution in [1.29, 1.82) is 0 Å². The van der Waals surface area contributed by atoms with Gasteiger partial charge in [0.15, 0.2) is 12.6 Å². The van der Waals surface area contributed by atoms with Crippen molar-refractivity contribution >= 4 is 5.82 Å². The van der Waals surface area contributed by atoms with Crippen LogP contribution in [0.1, 0.15) is 42.9 Å². The molecule has 0 radical (unpaired) electrons. The molecule has 0 spiro atoms. The van der Waals surface area contributed by atoms with Gasteiger partial charge >= 0.3 is 6.18 Å². The lowest BCUT2D eigenvalue weighted by Crippen LogP contribution is -2.48. The first-order valence-electron chi connectivity index (χ1n) is 11.5. The molecule has 1 fully saturated rings. The molecule has 4 rings (SSSR count). The van der Waals surface area contributed by atoms with E-state index in [1.807, 2.05) is 6.07 Å². The first-order chi connectivity index (χ1) is 15.8. The number of ether oxygens (including phenoxy) is 2. The van der Waals surface area contributed by atoms with Crippen molar-refractivity contribution in [1.82, 2.24) is 15.1 Å². The average Bonchev–Trinajstić information content (AvgIpc) is 3.20. The highest BCUT2D eigenvalue weighted by Gasteiger charge is 2.34. The zero-order valence-electron chi connectivity index (χ0n) is 19.4. The average molecular weight is 465 g/mol. The van der Waals surface area contributed by atoms with Crippen molar-refractivity contribution in [2.24, 2.45) is 0 Å². The largest absolute Gasteiger partial charge is 0.467 e. The molecule has 9 heteroatoms. The van der Waals surface area contributed by atoms with E-state index >= 15 is 0 Å². The van der Waals surface area contributed by atoms with E-state index in [4.69, 9.17) is 9.47 Å². The summed E-state index contributed by atoms with van der Waals surface area (Å²) in [5, 5.41) is 8.98. The van der Waals surface area contributed by atoms with E-state index in [2.05, 4.69) is 26.9 Å². The number of likely N-dealkylation sites (tertiary alicyclic amines) is 1. The van der Waals surface area contributed by atoms with Crippen LogP contribution in [0.4, 0.5) is 19.0 Å². The van der Waals surface area contributed by atoms with Gasteiger partial charge in [-0.1, -0.05) is 6.92 Å². The summed E-state index contributed by atoms with van der Waals surface area (Å²) in [6, 6.07) is 4.50. The zero-order valence-corrected chi connectivity index (χ0v) is 19.4. The number of aryl methyl sites for hydroxylation is 1. The predicted molar refractivity (Wildman–Crippen MR) is 121 cm³/mol. The van der Waals surface area contributed by atoms with Gasteiger partial charge in [-0.05, 0) is 69.5 Å². The molecule has 33 heavy (non-hydrogen) atoms. The minimum Gasteiger partial charge on any atom is -0.467 e. The molecular formula is C24H31F3N4O2. The van der Waals surface area contributed by atoms with Crippen LogP contribution < -0.4 is 9.64 Å². The summed E-state index contributed by atoms with van der Waals surface area (Å²) in [5.41, 5.74) is 1.78. The van der Waals surface area contributed by atoms with Crippen LogP contribution in [0.3, 0.4) is 0 Å². The van der Waals surface area contributed by atoms with Crippen LogP contribution in [0.15, 0.2) is 18.2 Å². The van der Waals surface area contributed by atoms with Crippen molar-refractivity contribution in [3.63, 3.8) is 0 Å². The molecule has 1 aromatic carbocycles. The van der Waals surface area contributed by atoms with E-state index in [1.54, 1.807) is 6.92 Å². The second-order valence-electron chi connectivity index (χ2n) is 8.83. The summed E-state index contributed by atoms with van der Waals surface area (Å²) in [5.74, 6) is 0.988. The van der Waals surface area contributed by atoms with Crippen molar-refractivity contribution in [3.05, 3.63) is 34.9 Å². The second-order valence-corrected chi connectivity index (χ2v) is 8.83. The molecule has 1 atom stereocenters. The van der Waals surface area contributed by atoms with Crippen LogP contribution >= 0.6 is 0 Å². The third-order valence-electron chi connectivity index (χ3n) is 6.42. The summed E-state index contributed by atoms with van der Waals surface area (Å²) >= 11 is 0. The predicted octanol–water partition coefficient (Wildman–Crippen LogP) is 4.69. The van der Waals surface area contributed by atoms with Gasteiger partial charge in [0.1, 0.15) is 5.75 Å². The molecule has 0 bridgehead atoms. The Hall–Kier alpha value is -2.39. The maximum Gasteiger partial charge on any atom is 0.416 e. The third-order valence-corrected chi connectivity index (χ3v) is 6.42. The molecule has 180 valence electrons. The maximum atomic E-state index is 13.4. The minimum absolute atomic E-state index is 0.0933. The third kappa shape index (κ3) is 5.09. The number of aromatic nitrogens is 2. The summed E-state index contributed by atoms with van der Waals surface area (Å²) in [4.78, 5) is 4.87. The van der Waals surface area contributed by atoms with Gasteiger partial charge < -0.3 is 19.3 Å². The Morgan fingerprint density at radius 2 is 1.97 bits per heavy atom. The molecule has 2 aromatic rings. The Labute approximate surface area is 192 Å². The van der Waals surface area contributed by atoms with Crippen molar-refractivity contribution in [3.8, 4) is 17.0 Å². The molecule has 0 aliphatic carbocycles. The SMILES string of the molecule is CCCN1CCC[C@@H](N2CCc3cc(-c4c(C)cc(C(F)(F)F)cc4OCOC)nnc32)C1. The fourth-order valence-corrected chi connectivity index (χ4v) is 4.96. The minimum atomic E-state index is -4.47. The Morgan fingerprint density at radius 3 is 2.70 bits per heavy atom. The van der Waals surface area contributed by atoms with Gasteiger partial charge in [0.25, 0.3) is 0 Å². The van der Waals surface area contributed by atoms with E-state index in [9.17, 15) is 13.2 Å². The van der Waals surface area contributed by atoms with Gasteiger partial charge in [0.05, 0.1) is 11.3 Å². The number of halogens is 3. The van der Waals surface area contributed by atoms with Crippen molar-refractivity contribution in [2.75, 3.05) is 45.0 Å². The normalized spacial score (nSPS) is 19.1. The molecule has 0 saturated carbocycles. The van der Waals surface area contributed by atoms with Crippen LogP contribution in [0.5, 0.6) is 5.75 Å². The second kappa shape index (κ2) is 9.85. The number of piperidine rings is 1. The monoisotopic (exact) mass is 464 g/mol. The number of benzene rings is 1. The van der Waals surface area contributed by atoms with E-state index in [0.717, 1.165) is 69.0 Å². The lowest BCUT2D eigenvalue weighted by Gasteiger charge is -2.38. The molecule has 2 aliphatic heterocycles. The molecule has 2 aliphatic rings.